The minimum Gasteiger partial charge on any atom is -0.309 e. The Kier molecular flexibility index (Phi) is 6.17. The summed E-state index contributed by atoms with van der Waals surface area (Å²) < 4.78 is 0. The van der Waals surface area contributed by atoms with Gasteiger partial charge in [0.25, 0.3) is 0 Å². The fraction of sp³-hybridized carbons (Fsp3) is 0.259. The van der Waals surface area contributed by atoms with Crippen LogP contribution in [0, 0.1) is 0 Å². The summed E-state index contributed by atoms with van der Waals surface area (Å²) in [6.45, 7) is 3.68. The van der Waals surface area contributed by atoms with Gasteiger partial charge in [0.1, 0.15) is 0 Å². The molecule has 4 nitrogen and oxygen atoms in total. The zero-order valence-electron chi connectivity index (χ0n) is 18.1. The van der Waals surface area contributed by atoms with Crippen LogP contribution >= 0.6 is 0 Å². The van der Waals surface area contributed by atoms with E-state index in [0.717, 1.165) is 23.4 Å². The van der Waals surface area contributed by atoms with Crippen LogP contribution in [0.1, 0.15) is 43.9 Å². The number of para-hydroxylation sites is 2. The van der Waals surface area contributed by atoms with E-state index in [4.69, 9.17) is 0 Å². The fourth-order valence-corrected chi connectivity index (χ4v) is 4.59. The number of carbonyl (C=O) groups excluding carboxylic acids is 2. The first kappa shape index (κ1) is 20.9. The summed E-state index contributed by atoms with van der Waals surface area (Å²) in [6, 6.07) is 27.8. The highest BCUT2D eigenvalue weighted by atomic mass is 16.2. The Morgan fingerprint density at radius 1 is 0.903 bits per heavy atom. The molecular weight excluding hydrogens is 384 g/mol. The third-order valence-electron chi connectivity index (χ3n) is 5.98. The quantitative estimate of drug-likeness (QED) is 0.552. The number of amides is 2. The Hall–Kier alpha value is -3.40. The van der Waals surface area contributed by atoms with Crippen LogP contribution in [0.15, 0.2) is 84.9 Å². The summed E-state index contributed by atoms with van der Waals surface area (Å²) in [4.78, 5) is 29.7. The van der Waals surface area contributed by atoms with Crippen LogP contribution in [0.2, 0.25) is 0 Å². The third-order valence-corrected chi connectivity index (χ3v) is 5.98. The molecule has 0 spiro atoms. The summed E-state index contributed by atoms with van der Waals surface area (Å²) in [6.07, 6.45) is 1.88. The SMILES string of the molecule is CC(=O)N(c1ccccc1)[C@@H]1C[C@H](C)N(C(=O)CCc2ccccc2)c2ccccc21. The molecular formula is C27H28N2O2. The second-order valence-electron chi connectivity index (χ2n) is 8.13. The number of carbonyl (C=O) groups is 2. The minimum absolute atomic E-state index is 0.00190. The van der Waals surface area contributed by atoms with Crippen LogP contribution < -0.4 is 9.80 Å². The van der Waals surface area contributed by atoms with Gasteiger partial charge in [-0.15, -0.1) is 0 Å². The third kappa shape index (κ3) is 4.38. The first-order valence-corrected chi connectivity index (χ1v) is 10.9. The minimum atomic E-state index is -0.107. The lowest BCUT2D eigenvalue weighted by Gasteiger charge is -2.43. The molecule has 0 aliphatic carbocycles. The van der Waals surface area contributed by atoms with E-state index in [1.165, 1.54) is 5.56 Å². The van der Waals surface area contributed by atoms with E-state index in [2.05, 4.69) is 19.1 Å². The molecule has 1 aliphatic heterocycles. The molecule has 0 N–H and O–H groups in total. The predicted octanol–water partition coefficient (Wildman–Crippen LogP) is 5.54. The highest BCUT2D eigenvalue weighted by Gasteiger charge is 2.37. The van der Waals surface area contributed by atoms with Crippen molar-refractivity contribution in [1.29, 1.82) is 0 Å². The van der Waals surface area contributed by atoms with E-state index in [-0.39, 0.29) is 23.9 Å². The zero-order valence-corrected chi connectivity index (χ0v) is 18.1. The molecule has 4 heteroatoms. The molecule has 2 atom stereocenters. The molecule has 0 saturated heterocycles. The standard InChI is InChI=1S/C27H28N2O2/c1-20-19-26(29(21(2)30)23-13-7-4-8-14-23)24-15-9-10-16-25(24)28(20)27(31)18-17-22-11-5-3-6-12-22/h3-16,20,26H,17-19H2,1-2H3/t20-,26+/m0/s1. The smallest absolute Gasteiger partial charge is 0.227 e. The second-order valence-corrected chi connectivity index (χ2v) is 8.13. The van der Waals surface area contributed by atoms with Gasteiger partial charge in [0.05, 0.1) is 6.04 Å². The van der Waals surface area contributed by atoms with Crippen molar-refractivity contribution in [2.75, 3.05) is 9.80 Å². The van der Waals surface area contributed by atoms with Crippen molar-refractivity contribution >= 4 is 23.2 Å². The predicted molar refractivity (Wildman–Crippen MR) is 125 cm³/mol. The molecule has 1 aliphatic rings. The fourth-order valence-electron chi connectivity index (χ4n) is 4.59. The topological polar surface area (TPSA) is 40.6 Å². The van der Waals surface area contributed by atoms with Gasteiger partial charge in [-0.05, 0) is 49.1 Å². The number of anilines is 2. The molecule has 0 bridgehead atoms. The Morgan fingerprint density at radius 3 is 2.19 bits per heavy atom. The molecule has 3 aromatic rings. The number of hydrogen-bond donors (Lipinski definition) is 0. The Morgan fingerprint density at radius 2 is 1.52 bits per heavy atom. The van der Waals surface area contributed by atoms with Gasteiger partial charge in [-0.3, -0.25) is 9.59 Å². The van der Waals surface area contributed by atoms with Gasteiger partial charge >= 0.3 is 0 Å². The number of nitrogens with zero attached hydrogens (tertiary/aromatic N) is 2. The summed E-state index contributed by atoms with van der Waals surface area (Å²) >= 11 is 0. The van der Waals surface area contributed by atoms with E-state index in [0.29, 0.717) is 12.8 Å². The number of rotatable bonds is 5. The first-order valence-electron chi connectivity index (χ1n) is 10.9. The van der Waals surface area contributed by atoms with Crippen LogP contribution in [0.4, 0.5) is 11.4 Å². The lowest BCUT2D eigenvalue weighted by molar-refractivity contribution is -0.119. The summed E-state index contributed by atoms with van der Waals surface area (Å²) in [5, 5.41) is 0. The van der Waals surface area contributed by atoms with Gasteiger partial charge in [0.2, 0.25) is 11.8 Å². The largest absolute Gasteiger partial charge is 0.309 e. The summed E-state index contributed by atoms with van der Waals surface area (Å²) in [7, 11) is 0. The zero-order chi connectivity index (χ0) is 21.8. The van der Waals surface area contributed by atoms with Crippen LogP contribution in [-0.4, -0.2) is 17.9 Å². The van der Waals surface area contributed by atoms with E-state index in [9.17, 15) is 9.59 Å². The first-order chi connectivity index (χ1) is 15.1. The molecule has 0 unspecified atom stereocenters. The van der Waals surface area contributed by atoms with E-state index < -0.39 is 0 Å². The molecule has 3 aromatic carbocycles. The lowest BCUT2D eigenvalue weighted by Crippen LogP contribution is -2.47. The van der Waals surface area contributed by atoms with Gasteiger partial charge in [-0.2, -0.15) is 0 Å². The van der Waals surface area contributed by atoms with E-state index in [1.54, 1.807) is 6.92 Å². The Bertz CT molecular complexity index is 1050. The lowest BCUT2D eigenvalue weighted by atomic mass is 9.89. The Balaban J connectivity index is 1.64. The van der Waals surface area contributed by atoms with E-state index >= 15 is 0 Å². The Labute approximate surface area is 184 Å². The van der Waals surface area contributed by atoms with Crippen molar-refractivity contribution in [3.05, 3.63) is 96.1 Å². The molecule has 1 heterocycles. The highest BCUT2D eigenvalue weighted by Crippen LogP contribution is 2.42. The van der Waals surface area contributed by atoms with Crippen molar-refractivity contribution < 1.29 is 9.59 Å². The monoisotopic (exact) mass is 412 g/mol. The number of fused-ring (bicyclic) bond motifs is 1. The molecule has 0 radical (unpaired) electrons. The van der Waals surface area contributed by atoms with Crippen LogP contribution in [-0.2, 0) is 16.0 Å². The van der Waals surface area contributed by atoms with Crippen LogP contribution in [0.3, 0.4) is 0 Å². The van der Waals surface area contributed by atoms with Crippen LogP contribution in [0.25, 0.3) is 0 Å². The van der Waals surface area contributed by atoms with Gasteiger partial charge in [-0.1, -0.05) is 66.7 Å². The molecule has 158 valence electrons. The van der Waals surface area contributed by atoms with E-state index in [1.807, 2.05) is 82.6 Å². The van der Waals surface area contributed by atoms with Crippen molar-refractivity contribution in [2.24, 2.45) is 0 Å². The van der Waals surface area contributed by atoms with Crippen molar-refractivity contribution in [2.45, 2.75) is 45.2 Å². The van der Waals surface area contributed by atoms with Gasteiger partial charge in [0.15, 0.2) is 0 Å². The second kappa shape index (κ2) is 9.17. The van der Waals surface area contributed by atoms with Gasteiger partial charge in [-0.25, -0.2) is 0 Å². The average Bonchev–Trinajstić information content (AvgIpc) is 2.79. The summed E-state index contributed by atoms with van der Waals surface area (Å²) in [5.74, 6) is 0.124. The van der Waals surface area contributed by atoms with Crippen molar-refractivity contribution in [3.8, 4) is 0 Å². The molecule has 0 saturated carbocycles. The maximum Gasteiger partial charge on any atom is 0.227 e. The molecule has 31 heavy (non-hydrogen) atoms. The highest BCUT2D eigenvalue weighted by molar-refractivity contribution is 5.97. The molecule has 0 aromatic heterocycles. The van der Waals surface area contributed by atoms with Gasteiger partial charge in [0, 0.05) is 30.8 Å². The number of benzene rings is 3. The number of hydrogen-bond acceptors (Lipinski definition) is 2. The van der Waals surface area contributed by atoms with Crippen molar-refractivity contribution in [1.82, 2.24) is 0 Å². The van der Waals surface area contributed by atoms with Gasteiger partial charge < -0.3 is 9.80 Å². The maximum atomic E-state index is 13.3. The molecule has 2 amide bonds. The summed E-state index contributed by atoms with van der Waals surface area (Å²) in [5.41, 5.74) is 3.98. The molecule has 0 fully saturated rings. The van der Waals surface area contributed by atoms with Crippen LogP contribution in [0.5, 0.6) is 0 Å². The van der Waals surface area contributed by atoms with Crippen molar-refractivity contribution in [3.63, 3.8) is 0 Å². The normalized spacial score (nSPS) is 17.7. The number of aryl methyl sites for hydroxylation is 1. The maximum absolute atomic E-state index is 13.3. The molecule has 4 rings (SSSR count). The average molecular weight is 413 g/mol.